The molecule has 0 saturated heterocycles. The molecule has 0 aliphatic heterocycles. The molecular formula is C15H14BrNO4. The smallest absolute Gasteiger partial charge is 0.270 e. The summed E-state index contributed by atoms with van der Waals surface area (Å²) in [6, 6.07) is 12.1. The number of para-hydroxylation sites is 1. The van der Waals surface area contributed by atoms with Gasteiger partial charge in [-0.05, 0) is 24.1 Å². The maximum atomic E-state index is 10.7. The number of nitro benzene ring substituents is 1. The van der Waals surface area contributed by atoms with Gasteiger partial charge in [0.05, 0.1) is 4.92 Å². The van der Waals surface area contributed by atoms with Crippen LogP contribution < -0.4 is 4.74 Å². The largest absolute Gasteiger partial charge is 0.489 e. The summed E-state index contributed by atoms with van der Waals surface area (Å²) in [5.41, 5.74) is 1.78. The van der Waals surface area contributed by atoms with Crippen LogP contribution >= 0.6 is 15.9 Å². The Morgan fingerprint density at radius 2 is 1.95 bits per heavy atom. The van der Waals surface area contributed by atoms with Gasteiger partial charge in [-0.3, -0.25) is 10.1 Å². The molecule has 0 saturated carbocycles. The molecule has 0 bridgehead atoms. The van der Waals surface area contributed by atoms with Crippen LogP contribution in [0.5, 0.6) is 5.75 Å². The third-order valence-electron chi connectivity index (χ3n) is 2.98. The van der Waals surface area contributed by atoms with Crippen LogP contribution in [-0.2, 0) is 13.0 Å². The van der Waals surface area contributed by atoms with E-state index in [1.54, 1.807) is 6.07 Å². The van der Waals surface area contributed by atoms with Crippen molar-refractivity contribution in [2.45, 2.75) is 13.0 Å². The van der Waals surface area contributed by atoms with Crippen LogP contribution in [0.1, 0.15) is 11.1 Å². The van der Waals surface area contributed by atoms with E-state index >= 15 is 0 Å². The number of hydrogen-bond donors (Lipinski definition) is 1. The van der Waals surface area contributed by atoms with E-state index in [1.807, 2.05) is 24.3 Å². The third-order valence-corrected chi connectivity index (χ3v) is 3.72. The van der Waals surface area contributed by atoms with Gasteiger partial charge in [-0.1, -0.05) is 34.1 Å². The molecule has 0 aliphatic rings. The molecule has 0 aromatic heterocycles. The second-order valence-corrected chi connectivity index (χ2v) is 5.26. The molecule has 0 heterocycles. The summed E-state index contributed by atoms with van der Waals surface area (Å²) in [6.45, 7) is 0.350. The number of halogens is 1. The number of nitrogens with zero attached hydrogens (tertiary/aromatic N) is 1. The third kappa shape index (κ3) is 4.03. The molecule has 110 valence electrons. The molecule has 5 nitrogen and oxygen atoms in total. The molecule has 2 aromatic carbocycles. The first-order valence-corrected chi connectivity index (χ1v) is 7.15. The lowest BCUT2D eigenvalue weighted by Gasteiger charge is -2.11. The molecule has 2 rings (SSSR count). The number of ether oxygens (including phenoxy) is 1. The molecule has 0 atom stereocenters. The highest BCUT2D eigenvalue weighted by Gasteiger charge is 2.10. The highest BCUT2D eigenvalue weighted by Crippen LogP contribution is 2.25. The van der Waals surface area contributed by atoms with E-state index in [4.69, 9.17) is 9.84 Å². The second kappa shape index (κ2) is 7.19. The zero-order chi connectivity index (χ0) is 15.2. The minimum atomic E-state index is -0.439. The van der Waals surface area contributed by atoms with Gasteiger partial charge in [0.25, 0.3) is 5.69 Å². The highest BCUT2D eigenvalue weighted by molar-refractivity contribution is 9.10. The predicted octanol–water partition coefficient (Wildman–Crippen LogP) is 3.47. The Kier molecular flexibility index (Phi) is 5.30. The fraction of sp³-hybridized carbons (Fsp3) is 0.200. The molecule has 0 radical (unpaired) electrons. The molecule has 0 aliphatic carbocycles. The normalized spacial score (nSPS) is 10.4. The monoisotopic (exact) mass is 351 g/mol. The molecule has 6 heteroatoms. The van der Waals surface area contributed by atoms with Gasteiger partial charge in [-0.2, -0.15) is 0 Å². The van der Waals surface area contributed by atoms with Gasteiger partial charge in [0.2, 0.25) is 0 Å². The van der Waals surface area contributed by atoms with Crippen molar-refractivity contribution in [3.63, 3.8) is 0 Å². The molecule has 0 unspecified atom stereocenters. The maximum absolute atomic E-state index is 10.7. The van der Waals surface area contributed by atoms with Crippen molar-refractivity contribution in [2.24, 2.45) is 0 Å². The number of aliphatic hydroxyl groups excluding tert-OH is 1. The van der Waals surface area contributed by atoms with Crippen LogP contribution in [0.25, 0.3) is 0 Å². The Morgan fingerprint density at radius 1 is 1.19 bits per heavy atom. The van der Waals surface area contributed by atoms with Crippen LogP contribution in [0.4, 0.5) is 5.69 Å². The van der Waals surface area contributed by atoms with Crippen molar-refractivity contribution in [1.82, 2.24) is 0 Å². The number of hydrogen-bond acceptors (Lipinski definition) is 4. The first-order chi connectivity index (χ1) is 10.1. The van der Waals surface area contributed by atoms with Crippen molar-refractivity contribution in [1.29, 1.82) is 0 Å². The fourth-order valence-corrected chi connectivity index (χ4v) is 2.38. The van der Waals surface area contributed by atoms with Crippen LogP contribution in [0.2, 0.25) is 0 Å². The van der Waals surface area contributed by atoms with Crippen molar-refractivity contribution >= 4 is 21.6 Å². The molecule has 21 heavy (non-hydrogen) atoms. The summed E-state index contributed by atoms with van der Waals surface area (Å²) in [7, 11) is 0. The minimum absolute atomic E-state index is 0.0336. The number of benzene rings is 2. The lowest BCUT2D eigenvalue weighted by atomic mass is 10.1. The van der Waals surface area contributed by atoms with E-state index in [0.29, 0.717) is 23.2 Å². The van der Waals surface area contributed by atoms with Crippen LogP contribution in [0, 0.1) is 10.1 Å². The van der Waals surface area contributed by atoms with Gasteiger partial charge in [0.1, 0.15) is 12.4 Å². The van der Waals surface area contributed by atoms with Crippen molar-refractivity contribution in [3.8, 4) is 5.75 Å². The van der Waals surface area contributed by atoms with E-state index in [-0.39, 0.29) is 12.3 Å². The summed E-state index contributed by atoms with van der Waals surface area (Å²) in [6.07, 6.45) is 0.525. The Bertz CT molecular complexity index is 645. The molecule has 2 aromatic rings. The first kappa shape index (κ1) is 15.5. The first-order valence-electron chi connectivity index (χ1n) is 6.36. The Labute approximate surface area is 130 Å². The van der Waals surface area contributed by atoms with Crippen molar-refractivity contribution in [2.75, 3.05) is 6.61 Å². The van der Waals surface area contributed by atoms with Gasteiger partial charge in [0, 0.05) is 28.8 Å². The van der Waals surface area contributed by atoms with E-state index < -0.39 is 4.92 Å². The van der Waals surface area contributed by atoms with Crippen LogP contribution in [0.3, 0.4) is 0 Å². The topological polar surface area (TPSA) is 72.6 Å². The van der Waals surface area contributed by atoms with Gasteiger partial charge in [0.15, 0.2) is 0 Å². The maximum Gasteiger partial charge on any atom is 0.270 e. The fourth-order valence-electron chi connectivity index (χ4n) is 1.89. The van der Waals surface area contributed by atoms with Gasteiger partial charge >= 0.3 is 0 Å². The number of nitro groups is 1. The van der Waals surface area contributed by atoms with Gasteiger partial charge in [-0.25, -0.2) is 0 Å². The van der Waals surface area contributed by atoms with E-state index in [1.165, 1.54) is 12.1 Å². The lowest BCUT2D eigenvalue weighted by molar-refractivity contribution is -0.384. The van der Waals surface area contributed by atoms with E-state index in [2.05, 4.69) is 15.9 Å². The number of aliphatic hydroxyl groups is 1. The number of non-ortho nitro benzene ring substituents is 1. The molecule has 0 amide bonds. The van der Waals surface area contributed by atoms with Crippen LogP contribution in [0.15, 0.2) is 46.9 Å². The Balaban J connectivity index is 2.11. The van der Waals surface area contributed by atoms with Gasteiger partial charge in [-0.15, -0.1) is 0 Å². The Hall–Kier alpha value is -1.92. The van der Waals surface area contributed by atoms with Crippen LogP contribution in [-0.4, -0.2) is 16.6 Å². The quantitative estimate of drug-likeness (QED) is 0.638. The highest BCUT2D eigenvalue weighted by atomic mass is 79.9. The van der Waals surface area contributed by atoms with E-state index in [0.717, 1.165) is 11.1 Å². The minimum Gasteiger partial charge on any atom is -0.489 e. The molecule has 0 spiro atoms. The van der Waals surface area contributed by atoms with Crippen molar-refractivity contribution < 1.29 is 14.8 Å². The summed E-state index contributed by atoms with van der Waals surface area (Å²) >= 11 is 3.31. The standard InChI is InChI=1S/C15H14BrNO4/c16-14-9-13(17(19)20)6-5-12(14)10-21-15-4-2-1-3-11(15)7-8-18/h1-6,9,18H,7-8,10H2. The molecular weight excluding hydrogens is 338 g/mol. The summed E-state index contributed by atoms with van der Waals surface area (Å²) in [5.74, 6) is 0.705. The van der Waals surface area contributed by atoms with Gasteiger partial charge < -0.3 is 9.84 Å². The lowest BCUT2D eigenvalue weighted by Crippen LogP contribution is -2.01. The second-order valence-electron chi connectivity index (χ2n) is 4.40. The zero-order valence-corrected chi connectivity index (χ0v) is 12.7. The average Bonchev–Trinajstić information content (AvgIpc) is 2.47. The number of rotatable bonds is 6. The van der Waals surface area contributed by atoms with E-state index in [9.17, 15) is 10.1 Å². The summed E-state index contributed by atoms with van der Waals surface area (Å²) in [4.78, 5) is 10.3. The molecule has 0 fully saturated rings. The Morgan fingerprint density at radius 3 is 2.62 bits per heavy atom. The predicted molar refractivity (Wildman–Crippen MR) is 82.4 cm³/mol. The summed E-state index contributed by atoms with van der Waals surface area (Å²) in [5, 5.41) is 19.7. The average molecular weight is 352 g/mol. The SMILES string of the molecule is O=[N+]([O-])c1ccc(COc2ccccc2CCO)c(Br)c1. The zero-order valence-electron chi connectivity index (χ0n) is 11.2. The van der Waals surface area contributed by atoms with Crippen molar-refractivity contribution in [3.05, 3.63) is 68.2 Å². The summed E-state index contributed by atoms with van der Waals surface area (Å²) < 4.78 is 6.38. The molecule has 1 N–H and O–H groups in total.